The third kappa shape index (κ3) is 3.62. The van der Waals surface area contributed by atoms with E-state index in [0.29, 0.717) is 18.7 Å². The molecule has 0 aliphatic carbocycles. The highest BCUT2D eigenvalue weighted by atomic mass is 32.1. The predicted molar refractivity (Wildman–Crippen MR) is 77.0 cm³/mol. The van der Waals surface area contributed by atoms with Gasteiger partial charge in [-0.05, 0) is 30.7 Å². The van der Waals surface area contributed by atoms with Crippen LogP contribution in [0.1, 0.15) is 32.7 Å². The quantitative estimate of drug-likeness (QED) is 0.878. The Bertz CT molecular complexity index is 565. The van der Waals surface area contributed by atoms with Crippen LogP contribution in [0.4, 0.5) is 0 Å². The summed E-state index contributed by atoms with van der Waals surface area (Å²) in [5.74, 6) is -0.0939. The predicted octanol–water partition coefficient (Wildman–Crippen LogP) is 2.09. The van der Waals surface area contributed by atoms with Gasteiger partial charge in [-0.25, -0.2) is 0 Å². The first kappa shape index (κ1) is 13.7. The van der Waals surface area contributed by atoms with Gasteiger partial charge >= 0.3 is 0 Å². The molecule has 0 aliphatic rings. The zero-order valence-corrected chi connectivity index (χ0v) is 11.7. The van der Waals surface area contributed by atoms with Gasteiger partial charge in [0.15, 0.2) is 0 Å². The van der Waals surface area contributed by atoms with Gasteiger partial charge in [0.1, 0.15) is 0 Å². The molecule has 2 heterocycles. The number of carbonyl (C=O) groups excluding carboxylic acids is 1. The highest BCUT2D eigenvalue weighted by Crippen LogP contribution is 2.16. The number of nitrogens with zero attached hydrogens (tertiary/aromatic N) is 1. The third-order valence-electron chi connectivity index (χ3n) is 2.78. The lowest BCUT2D eigenvalue weighted by atomic mass is 10.2. The molecule has 4 nitrogen and oxygen atoms in total. The third-order valence-corrected chi connectivity index (χ3v) is 4.01. The van der Waals surface area contributed by atoms with Crippen molar-refractivity contribution in [2.45, 2.75) is 26.4 Å². The van der Waals surface area contributed by atoms with Crippen molar-refractivity contribution in [3.63, 3.8) is 0 Å². The Morgan fingerprint density at radius 2 is 2.16 bits per heavy atom. The van der Waals surface area contributed by atoms with Crippen LogP contribution in [0.15, 0.2) is 30.5 Å². The summed E-state index contributed by atoms with van der Waals surface area (Å²) >= 11 is 1.73. The Morgan fingerprint density at radius 1 is 1.37 bits per heavy atom. The fraction of sp³-hybridized carbons (Fsp3) is 0.286. The van der Waals surface area contributed by atoms with Crippen LogP contribution >= 0.6 is 11.3 Å². The molecule has 0 saturated heterocycles. The average Bonchev–Trinajstić information content (AvgIpc) is 2.93. The highest BCUT2D eigenvalue weighted by molar-refractivity contribution is 7.11. The van der Waals surface area contributed by atoms with E-state index in [1.165, 1.54) is 9.75 Å². The van der Waals surface area contributed by atoms with Crippen LogP contribution in [0.2, 0.25) is 0 Å². The molecule has 0 unspecified atom stereocenters. The zero-order chi connectivity index (χ0) is 13.7. The number of nitrogens with two attached hydrogens (primary N) is 1. The van der Waals surface area contributed by atoms with Gasteiger partial charge in [0.05, 0.1) is 12.2 Å². The van der Waals surface area contributed by atoms with Crippen molar-refractivity contribution >= 4 is 17.2 Å². The first-order valence-corrected chi connectivity index (χ1v) is 7.05. The maximum absolute atomic E-state index is 12.0. The van der Waals surface area contributed by atoms with E-state index in [1.807, 2.05) is 0 Å². The van der Waals surface area contributed by atoms with E-state index >= 15 is 0 Å². The lowest BCUT2D eigenvalue weighted by molar-refractivity contribution is 0.0951. The Morgan fingerprint density at radius 3 is 2.84 bits per heavy atom. The second-order valence-corrected chi connectivity index (χ2v) is 5.40. The van der Waals surface area contributed by atoms with Crippen molar-refractivity contribution < 1.29 is 4.79 Å². The number of aryl methyl sites for hydroxylation is 1. The van der Waals surface area contributed by atoms with E-state index in [-0.39, 0.29) is 5.91 Å². The maximum atomic E-state index is 12.0. The molecule has 2 aromatic heterocycles. The summed E-state index contributed by atoms with van der Waals surface area (Å²) in [5, 5.41) is 2.91. The highest BCUT2D eigenvalue weighted by Gasteiger charge is 2.07. The van der Waals surface area contributed by atoms with Crippen LogP contribution in [0.5, 0.6) is 0 Å². The Labute approximate surface area is 116 Å². The molecule has 2 aromatic rings. The molecule has 2 rings (SSSR count). The first-order valence-electron chi connectivity index (χ1n) is 6.23. The van der Waals surface area contributed by atoms with E-state index in [4.69, 9.17) is 5.73 Å². The van der Waals surface area contributed by atoms with E-state index in [2.05, 4.69) is 29.4 Å². The van der Waals surface area contributed by atoms with Gasteiger partial charge in [0, 0.05) is 28.1 Å². The Hall–Kier alpha value is -1.72. The topological polar surface area (TPSA) is 68.0 Å². The smallest absolute Gasteiger partial charge is 0.251 e. The van der Waals surface area contributed by atoms with Crippen molar-refractivity contribution in [1.29, 1.82) is 0 Å². The monoisotopic (exact) mass is 275 g/mol. The number of thiophene rings is 1. The number of aromatic nitrogens is 1. The lowest BCUT2D eigenvalue weighted by Gasteiger charge is -2.04. The number of amides is 1. The van der Waals surface area contributed by atoms with Crippen molar-refractivity contribution in [3.8, 4) is 0 Å². The Kier molecular flexibility index (Phi) is 4.65. The minimum atomic E-state index is -0.0939. The minimum absolute atomic E-state index is 0.0939. The van der Waals surface area contributed by atoms with Gasteiger partial charge in [-0.3, -0.25) is 9.78 Å². The average molecular weight is 275 g/mol. The molecular formula is C14H17N3OS. The fourth-order valence-corrected chi connectivity index (χ4v) is 2.61. The van der Waals surface area contributed by atoms with Crippen LogP contribution < -0.4 is 11.1 Å². The van der Waals surface area contributed by atoms with Gasteiger partial charge in [-0.1, -0.05) is 6.92 Å². The molecule has 1 amide bonds. The number of hydrogen-bond acceptors (Lipinski definition) is 4. The number of rotatable bonds is 5. The molecule has 0 radical (unpaired) electrons. The number of pyridine rings is 1. The summed E-state index contributed by atoms with van der Waals surface area (Å²) < 4.78 is 0. The second-order valence-electron chi connectivity index (χ2n) is 4.14. The summed E-state index contributed by atoms with van der Waals surface area (Å²) in [4.78, 5) is 18.6. The molecular weight excluding hydrogens is 258 g/mol. The van der Waals surface area contributed by atoms with Crippen molar-refractivity contribution in [3.05, 3.63) is 51.5 Å². The van der Waals surface area contributed by atoms with E-state index in [1.54, 1.807) is 29.7 Å². The molecule has 0 saturated carbocycles. The van der Waals surface area contributed by atoms with Gasteiger partial charge in [0.25, 0.3) is 5.91 Å². The number of hydrogen-bond donors (Lipinski definition) is 2. The molecule has 0 aromatic carbocycles. The summed E-state index contributed by atoms with van der Waals surface area (Å²) in [6.45, 7) is 3.02. The lowest BCUT2D eigenvalue weighted by Crippen LogP contribution is -2.22. The SMILES string of the molecule is CCc1ccc(CNC(=O)c2ccnc(CN)c2)s1. The normalized spacial score (nSPS) is 10.4. The first-order chi connectivity index (χ1) is 9.22. The van der Waals surface area contributed by atoms with E-state index in [9.17, 15) is 4.79 Å². The van der Waals surface area contributed by atoms with Gasteiger partial charge in [-0.2, -0.15) is 0 Å². The zero-order valence-electron chi connectivity index (χ0n) is 10.8. The van der Waals surface area contributed by atoms with Crippen LogP contribution in [-0.4, -0.2) is 10.9 Å². The van der Waals surface area contributed by atoms with Crippen molar-refractivity contribution in [2.75, 3.05) is 0 Å². The number of nitrogens with one attached hydrogen (secondary N) is 1. The molecule has 0 fully saturated rings. The molecule has 0 atom stereocenters. The van der Waals surface area contributed by atoms with Gasteiger partial charge < -0.3 is 11.1 Å². The summed E-state index contributed by atoms with van der Waals surface area (Å²) in [6.07, 6.45) is 2.64. The molecule has 19 heavy (non-hydrogen) atoms. The molecule has 0 bridgehead atoms. The summed E-state index contributed by atoms with van der Waals surface area (Å²) in [7, 11) is 0. The van der Waals surface area contributed by atoms with Crippen LogP contribution in [0.3, 0.4) is 0 Å². The molecule has 3 N–H and O–H groups in total. The van der Waals surface area contributed by atoms with E-state index < -0.39 is 0 Å². The second kappa shape index (κ2) is 6.45. The number of carbonyl (C=O) groups is 1. The van der Waals surface area contributed by atoms with Crippen molar-refractivity contribution in [2.24, 2.45) is 5.73 Å². The largest absolute Gasteiger partial charge is 0.347 e. The van der Waals surface area contributed by atoms with Crippen LogP contribution in [0, 0.1) is 0 Å². The van der Waals surface area contributed by atoms with E-state index in [0.717, 1.165) is 12.1 Å². The summed E-state index contributed by atoms with van der Waals surface area (Å²) in [5.41, 5.74) is 6.83. The standard InChI is InChI=1S/C14H17N3OS/c1-2-12-3-4-13(19-12)9-17-14(18)10-5-6-16-11(7-10)8-15/h3-7H,2,8-9,15H2,1H3,(H,17,18). The molecule has 5 heteroatoms. The minimum Gasteiger partial charge on any atom is -0.347 e. The summed E-state index contributed by atoms with van der Waals surface area (Å²) in [6, 6.07) is 7.58. The molecule has 0 aliphatic heterocycles. The Balaban J connectivity index is 1.96. The molecule has 100 valence electrons. The van der Waals surface area contributed by atoms with Crippen LogP contribution in [-0.2, 0) is 19.5 Å². The van der Waals surface area contributed by atoms with Gasteiger partial charge in [-0.15, -0.1) is 11.3 Å². The van der Waals surface area contributed by atoms with Crippen LogP contribution in [0.25, 0.3) is 0 Å². The molecule has 0 spiro atoms. The van der Waals surface area contributed by atoms with Crippen molar-refractivity contribution in [1.82, 2.24) is 10.3 Å². The van der Waals surface area contributed by atoms with Gasteiger partial charge in [0.2, 0.25) is 0 Å². The maximum Gasteiger partial charge on any atom is 0.251 e. The fourth-order valence-electron chi connectivity index (χ4n) is 1.71.